The highest BCUT2D eigenvalue weighted by Crippen LogP contribution is 2.01. The lowest BCUT2D eigenvalue weighted by Gasteiger charge is -1.98. The molecule has 0 aromatic heterocycles. The second-order valence-corrected chi connectivity index (χ2v) is 2.41. The SMILES string of the molecule is NNCCCCCCCF. The van der Waals surface area contributed by atoms with E-state index in [0.29, 0.717) is 0 Å². The van der Waals surface area contributed by atoms with Crippen LogP contribution in [0.4, 0.5) is 4.39 Å². The van der Waals surface area contributed by atoms with Gasteiger partial charge < -0.3 is 0 Å². The molecule has 0 unspecified atom stereocenters. The standard InChI is InChI=1S/C7H17FN2/c8-6-4-2-1-3-5-7-10-9/h10H,1-7,9H2. The highest BCUT2D eigenvalue weighted by Gasteiger charge is 1.88. The molecular formula is C7H17FN2. The Morgan fingerprint density at radius 3 is 2.20 bits per heavy atom. The molecule has 0 saturated heterocycles. The predicted molar refractivity (Wildman–Crippen MR) is 41.3 cm³/mol. The summed E-state index contributed by atoms with van der Waals surface area (Å²) in [5, 5.41) is 0. The average molecular weight is 148 g/mol. The molecule has 0 saturated carbocycles. The normalized spacial score (nSPS) is 10.2. The Bertz CT molecular complexity index is 51.6. The number of unbranched alkanes of at least 4 members (excludes halogenated alkanes) is 4. The van der Waals surface area contributed by atoms with E-state index in [0.717, 1.165) is 38.6 Å². The molecule has 3 N–H and O–H groups in total. The summed E-state index contributed by atoms with van der Waals surface area (Å²) in [5.74, 6) is 5.06. The molecule has 0 aliphatic rings. The summed E-state index contributed by atoms with van der Waals surface area (Å²) in [6.45, 7) is 0.699. The van der Waals surface area contributed by atoms with Gasteiger partial charge in [-0.15, -0.1) is 0 Å². The lowest BCUT2D eigenvalue weighted by molar-refractivity contribution is 0.450. The molecule has 0 radical (unpaired) electrons. The minimum Gasteiger partial charge on any atom is -0.271 e. The zero-order valence-corrected chi connectivity index (χ0v) is 6.41. The zero-order chi connectivity index (χ0) is 7.66. The van der Waals surface area contributed by atoms with Crippen molar-refractivity contribution in [3.63, 3.8) is 0 Å². The fraction of sp³-hybridized carbons (Fsp3) is 1.00. The molecule has 0 spiro atoms. The van der Waals surface area contributed by atoms with Gasteiger partial charge in [-0.05, 0) is 12.8 Å². The number of halogens is 1. The van der Waals surface area contributed by atoms with Crippen LogP contribution in [0.3, 0.4) is 0 Å². The largest absolute Gasteiger partial charge is 0.271 e. The van der Waals surface area contributed by atoms with E-state index < -0.39 is 0 Å². The zero-order valence-electron chi connectivity index (χ0n) is 6.41. The van der Waals surface area contributed by atoms with Crippen molar-refractivity contribution in [1.29, 1.82) is 0 Å². The lowest BCUT2D eigenvalue weighted by Crippen LogP contribution is -2.22. The molecule has 0 atom stereocenters. The Kier molecular flexibility index (Phi) is 8.72. The molecule has 0 aromatic carbocycles. The van der Waals surface area contributed by atoms with Crippen LogP contribution >= 0.6 is 0 Å². The molecule has 0 amide bonds. The van der Waals surface area contributed by atoms with Crippen molar-refractivity contribution in [3.8, 4) is 0 Å². The molecule has 0 bridgehead atoms. The van der Waals surface area contributed by atoms with Gasteiger partial charge in [-0.3, -0.25) is 15.7 Å². The summed E-state index contributed by atoms with van der Waals surface area (Å²) in [7, 11) is 0. The Hall–Kier alpha value is -0.150. The highest BCUT2D eigenvalue weighted by molar-refractivity contribution is 4.44. The van der Waals surface area contributed by atoms with Crippen LogP contribution in [-0.4, -0.2) is 13.2 Å². The third-order valence-electron chi connectivity index (χ3n) is 1.45. The molecule has 0 aliphatic heterocycles. The number of alkyl halides is 1. The van der Waals surface area contributed by atoms with Crippen molar-refractivity contribution in [2.45, 2.75) is 32.1 Å². The summed E-state index contributed by atoms with van der Waals surface area (Å²) in [6, 6.07) is 0. The fourth-order valence-electron chi connectivity index (χ4n) is 0.852. The molecule has 10 heavy (non-hydrogen) atoms. The van der Waals surface area contributed by atoms with Gasteiger partial charge >= 0.3 is 0 Å². The Morgan fingerprint density at radius 1 is 1.00 bits per heavy atom. The lowest BCUT2D eigenvalue weighted by atomic mass is 10.1. The number of rotatable bonds is 7. The van der Waals surface area contributed by atoms with Gasteiger partial charge in [-0.1, -0.05) is 19.3 Å². The molecule has 0 aromatic rings. The predicted octanol–water partition coefficient (Wildman–Crippen LogP) is 1.37. The van der Waals surface area contributed by atoms with E-state index >= 15 is 0 Å². The van der Waals surface area contributed by atoms with Crippen molar-refractivity contribution < 1.29 is 4.39 Å². The number of nitrogens with two attached hydrogens (primary N) is 1. The van der Waals surface area contributed by atoms with Crippen LogP contribution in [0.1, 0.15) is 32.1 Å². The maximum absolute atomic E-state index is 11.5. The summed E-state index contributed by atoms with van der Waals surface area (Å²) in [4.78, 5) is 0. The minimum absolute atomic E-state index is 0.171. The van der Waals surface area contributed by atoms with Crippen LogP contribution in [0.5, 0.6) is 0 Å². The van der Waals surface area contributed by atoms with Gasteiger partial charge in [0.25, 0.3) is 0 Å². The summed E-state index contributed by atoms with van der Waals surface area (Å²) in [6.07, 6.45) is 5.12. The fourth-order valence-corrected chi connectivity index (χ4v) is 0.852. The number of hydrogen-bond acceptors (Lipinski definition) is 2. The van der Waals surface area contributed by atoms with Crippen molar-refractivity contribution in [1.82, 2.24) is 5.43 Å². The van der Waals surface area contributed by atoms with Gasteiger partial charge in [0.2, 0.25) is 0 Å². The monoisotopic (exact) mass is 148 g/mol. The van der Waals surface area contributed by atoms with Crippen LogP contribution in [0.15, 0.2) is 0 Å². The molecule has 0 fully saturated rings. The van der Waals surface area contributed by atoms with Gasteiger partial charge in [0, 0.05) is 6.54 Å². The van der Waals surface area contributed by atoms with E-state index in [1.54, 1.807) is 0 Å². The first-order valence-electron chi connectivity index (χ1n) is 3.91. The van der Waals surface area contributed by atoms with Crippen molar-refractivity contribution in [2.24, 2.45) is 5.84 Å². The van der Waals surface area contributed by atoms with Gasteiger partial charge in [-0.2, -0.15) is 0 Å². The van der Waals surface area contributed by atoms with Crippen LogP contribution in [-0.2, 0) is 0 Å². The topological polar surface area (TPSA) is 38.0 Å². The molecule has 3 heteroatoms. The minimum atomic E-state index is -0.171. The third kappa shape index (κ3) is 7.85. The second kappa shape index (κ2) is 8.85. The first-order valence-corrected chi connectivity index (χ1v) is 3.91. The van der Waals surface area contributed by atoms with E-state index in [9.17, 15) is 4.39 Å². The molecule has 0 rings (SSSR count). The quantitative estimate of drug-likeness (QED) is 0.325. The molecular weight excluding hydrogens is 131 g/mol. The molecule has 0 aliphatic carbocycles. The Morgan fingerprint density at radius 2 is 1.60 bits per heavy atom. The Balaban J connectivity index is 2.65. The maximum atomic E-state index is 11.5. The van der Waals surface area contributed by atoms with Gasteiger partial charge in [0.1, 0.15) is 0 Å². The highest BCUT2D eigenvalue weighted by atomic mass is 19.1. The van der Waals surface area contributed by atoms with Gasteiger partial charge in [0.05, 0.1) is 6.67 Å². The molecule has 0 heterocycles. The number of hydrogen-bond donors (Lipinski definition) is 2. The molecule has 2 nitrogen and oxygen atoms in total. The number of nitrogens with one attached hydrogen (secondary N) is 1. The summed E-state index contributed by atoms with van der Waals surface area (Å²) in [5.41, 5.74) is 2.58. The second-order valence-electron chi connectivity index (χ2n) is 2.41. The van der Waals surface area contributed by atoms with E-state index in [2.05, 4.69) is 5.43 Å². The van der Waals surface area contributed by atoms with E-state index in [-0.39, 0.29) is 6.67 Å². The molecule has 62 valence electrons. The van der Waals surface area contributed by atoms with Crippen molar-refractivity contribution in [3.05, 3.63) is 0 Å². The van der Waals surface area contributed by atoms with E-state index in [4.69, 9.17) is 5.84 Å². The van der Waals surface area contributed by atoms with E-state index in [1.807, 2.05) is 0 Å². The first-order chi connectivity index (χ1) is 4.91. The average Bonchev–Trinajstić information content (AvgIpc) is 1.97. The van der Waals surface area contributed by atoms with Gasteiger partial charge in [0.15, 0.2) is 0 Å². The summed E-state index contributed by atoms with van der Waals surface area (Å²) < 4.78 is 11.5. The van der Waals surface area contributed by atoms with Crippen LogP contribution in [0.25, 0.3) is 0 Å². The van der Waals surface area contributed by atoms with Crippen molar-refractivity contribution in [2.75, 3.05) is 13.2 Å². The van der Waals surface area contributed by atoms with Crippen LogP contribution < -0.4 is 11.3 Å². The third-order valence-corrected chi connectivity index (χ3v) is 1.45. The maximum Gasteiger partial charge on any atom is 0.0894 e. The number of hydrazine groups is 1. The first kappa shape index (κ1) is 9.85. The summed E-state index contributed by atoms with van der Waals surface area (Å²) >= 11 is 0. The van der Waals surface area contributed by atoms with E-state index in [1.165, 1.54) is 0 Å². The van der Waals surface area contributed by atoms with Gasteiger partial charge in [-0.25, -0.2) is 0 Å². The smallest absolute Gasteiger partial charge is 0.0894 e. The van der Waals surface area contributed by atoms with Crippen LogP contribution in [0, 0.1) is 0 Å². The Labute approximate surface area is 62.0 Å². The van der Waals surface area contributed by atoms with Crippen molar-refractivity contribution >= 4 is 0 Å². The van der Waals surface area contributed by atoms with Crippen LogP contribution in [0.2, 0.25) is 0 Å².